The molecule has 0 aliphatic rings. The van der Waals surface area contributed by atoms with Gasteiger partial charge in [0.25, 0.3) is 5.91 Å². The zero-order chi connectivity index (χ0) is 20.1. The standard InChI is InChI=1S/C18H14F3N5O2/c19-18(20,21)13-3-5-15(6-4-13)26-11-12(8-24-26)17(28)23-10-16(27)25-14-2-1-7-22-9-14/h1-9,11H,10H2,(H,23,28)(H,25,27). The maximum atomic E-state index is 12.6. The molecule has 0 unspecified atom stereocenters. The number of amides is 2. The Kier molecular flexibility index (Phi) is 5.39. The molecule has 0 spiro atoms. The van der Waals surface area contributed by atoms with Gasteiger partial charge in [-0.05, 0) is 36.4 Å². The van der Waals surface area contributed by atoms with Gasteiger partial charge in [0.05, 0.1) is 41.4 Å². The number of aromatic nitrogens is 3. The van der Waals surface area contributed by atoms with E-state index in [1.54, 1.807) is 18.3 Å². The molecule has 10 heteroatoms. The summed E-state index contributed by atoms with van der Waals surface area (Å²) in [6.45, 7) is -0.265. The zero-order valence-corrected chi connectivity index (χ0v) is 14.3. The molecule has 3 rings (SSSR count). The number of hydrogen-bond donors (Lipinski definition) is 2. The fourth-order valence-corrected chi connectivity index (χ4v) is 2.29. The van der Waals surface area contributed by atoms with Crippen molar-refractivity contribution in [1.82, 2.24) is 20.1 Å². The van der Waals surface area contributed by atoms with Crippen LogP contribution in [0.1, 0.15) is 15.9 Å². The van der Waals surface area contributed by atoms with E-state index in [2.05, 4.69) is 20.7 Å². The average molecular weight is 389 g/mol. The van der Waals surface area contributed by atoms with Crippen LogP contribution in [0.3, 0.4) is 0 Å². The summed E-state index contributed by atoms with van der Waals surface area (Å²) in [5.74, 6) is -0.976. The topological polar surface area (TPSA) is 88.9 Å². The van der Waals surface area contributed by atoms with E-state index in [4.69, 9.17) is 0 Å². The lowest BCUT2D eigenvalue weighted by atomic mass is 10.2. The number of hydrogen-bond acceptors (Lipinski definition) is 4. The maximum absolute atomic E-state index is 12.6. The summed E-state index contributed by atoms with van der Waals surface area (Å²) in [6, 6.07) is 7.67. The third-order valence-electron chi connectivity index (χ3n) is 3.66. The first kappa shape index (κ1) is 19.1. The van der Waals surface area contributed by atoms with Crippen LogP contribution in [-0.4, -0.2) is 33.1 Å². The lowest BCUT2D eigenvalue weighted by molar-refractivity contribution is -0.137. The van der Waals surface area contributed by atoms with E-state index in [9.17, 15) is 22.8 Å². The molecule has 2 heterocycles. The minimum atomic E-state index is -4.43. The second-order valence-corrected chi connectivity index (χ2v) is 5.69. The van der Waals surface area contributed by atoms with E-state index in [1.165, 1.54) is 35.4 Å². The smallest absolute Gasteiger partial charge is 0.343 e. The molecule has 2 aromatic heterocycles. The monoisotopic (exact) mass is 389 g/mol. The highest BCUT2D eigenvalue weighted by atomic mass is 19.4. The summed E-state index contributed by atoms with van der Waals surface area (Å²) in [6.07, 6.45) is 1.21. The van der Waals surface area contributed by atoms with Crippen molar-refractivity contribution < 1.29 is 22.8 Å². The van der Waals surface area contributed by atoms with E-state index < -0.39 is 23.6 Å². The highest BCUT2D eigenvalue weighted by molar-refractivity contribution is 5.99. The van der Waals surface area contributed by atoms with Gasteiger partial charge < -0.3 is 10.6 Å². The van der Waals surface area contributed by atoms with E-state index in [0.29, 0.717) is 11.4 Å². The van der Waals surface area contributed by atoms with Crippen LogP contribution in [0.15, 0.2) is 61.2 Å². The Morgan fingerprint density at radius 3 is 2.46 bits per heavy atom. The van der Waals surface area contributed by atoms with Crippen molar-refractivity contribution in [2.24, 2.45) is 0 Å². The number of carbonyl (C=O) groups excluding carboxylic acids is 2. The highest BCUT2D eigenvalue weighted by Gasteiger charge is 2.30. The molecule has 0 saturated heterocycles. The number of nitrogens with one attached hydrogen (secondary N) is 2. The van der Waals surface area contributed by atoms with Gasteiger partial charge in [-0.2, -0.15) is 18.3 Å². The van der Waals surface area contributed by atoms with Crippen LogP contribution in [0.5, 0.6) is 0 Å². The fourth-order valence-electron chi connectivity index (χ4n) is 2.29. The first-order valence-corrected chi connectivity index (χ1v) is 8.03. The molecule has 0 radical (unpaired) electrons. The van der Waals surface area contributed by atoms with Crippen LogP contribution >= 0.6 is 0 Å². The molecule has 144 valence electrons. The number of carbonyl (C=O) groups is 2. The van der Waals surface area contributed by atoms with E-state index >= 15 is 0 Å². The molecule has 0 saturated carbocycles. The number of rotatable bonds is 5. The van der Waals surface area contributed by atoms with Crippen LogP contribution in [0, 0.1) is 0 Å². The Morgan fingerprint density at radius 2 is 1.82 bits per heavy atom. The average Bonchev–Trinajstić information content (AvgIpc) is 3.17. The summed E-state index contributed by atoms with van der Waals surface area (Å²) in [4.78, 5) is 27.8. The Morgan fingerprint density at radius 1 is 1.07 bits per heavy atom. The predicted molar refractivity (Wildman–Crippen MR) is 93.8 cm³/mol. The van der Waals surface area contributed by atoms with Crippen molar-refractivity contribution >= 4 is 17.5 Å². The molecule has 0 aliphatic carbocycles. The van der Waals surface area contributed by atoms with Gasteiger partial charge in [0.1, 0.15) is 0 Å². The second-order valence-electron chi connectivity index (χ2n) is 5.69. The lowest BCUT2D eigenvalue weighted by Gasteiger charge is -2.07. The number of alkyl halides is 3. The summed E-state index contributed by atoms with van der Waals surface area (Å²) in [5.41, 5.74) is 0.244. The van der Waals surface area contributed by atoms with Crippen LogP contribution < -0.4 is 10.6 Å². The van der Waals surface area contributed by atoms with Crippen molar-refractivity contribution in [2.45, 2.75) is 6.18 Å². The second kappa shape index (κ2) is 7.91. The maximum Gasteiger partial charge on any atom is 0.416 e. The molecule has 0 fully saturated rings. The minimum absolute atomic E-state index is 0.161. The number of halogens is 3. The minimum Gasteiger partial charge on any atom is -0.343 e. The highest BCUT2D eigenvalue weighted by Crippen LogP contribution is 2.29. The number of anilines is 1. The summed E-state index contributed by atoms with van der Waals surface area (Å²) in [5, 5.41) is 8.97. The van der Waals surface area contributed by atoms with Gasteiger partial charge in [-0.1, -0.05) is 0 Å². The van der Waals surface area contributed by atoms with Gasteiger partial charge >= 0.3 is 6.18 Å². The molecular formula is C18H14F3N5O2. The van der Waals surface area contributed by atoms with Crippen LogP contribution in [0.2, 0.25) is 0 Å². The Balaban J connectivity index is 1.58. The fraction of sp³-hybridized carbons (Fsp3) is 0.111. The quantitative estimate of drug-likeness (QED) is 0.702. The van der Waals surface area contributed by atoms with E-state index in [0.717, 1.165) is 12.1 Å². The van der Waals surface area contributed by atoms with Gasteiger partial charge in [-0.3, -0.25) is 14.6 Å². The number of pyridine rings is 1. The van der Waals surface area contributed by atoms with Crippen molar-refractivity contribution in [3.8, 4) is 5.69 Å². The normalized spacial score (nSPS) is 11.1. The van der Waals surface area contributed by atoms with Gasteiger partial charge in [-0.15, -0.1) is 0 Å². The molecule has 0 aliphatic heterocycles. The van der Waals surface area contributed by atoms with Crippen molar-refractivity contribution in [3.63, 3.8) is 0 Å². The predicted octanol–water partition coefficient (Wildman–Crippen LogP) is 2.65. The third kappa shape index (κ3) is 4.72. The third-order valence-corrected chi connectivity index (χ3v) is 3.66. The molecule has 1 aromatic carbocycles. The van der Waals surface area contributed by atoms with Crippen molar-refractivity contribution in [1.29, 1.82) is 0 Å². The molecule has 7 nitrogen and oxygen atoms in total. The molecule has 0 atom stereocenters. The van der Waals surface area contributed by atoms with E-state index in [1.807, 2.05) is 0 Å². The SMILES string of the molecule is O=C(CNC(=O)c1cnn(-c2ccc(C(F)(F)F)cc2)c1)Nc1cccnc1. The lowest BCUT2D eigenvalue weighted by Crippen LogP contribution is -2.32. The van der Waals surface area contributed by atoms with Gasteiger partial charge in [0, 0.05) is 12.4 Å². The van der Waals surface area contributed by atoms with Gasteiger partial charge in [0.15, 0.2) is 0 Å². The van der Waals surface area contributed by atoms with Crippen LogP contribution in [0.25, 0.3) is 5.69 Å². The molecule has 0 bridgehead atoms. The zero-order valence-electron chi connectivity index (χ0n) is 14.3. The molecule has 28 heavy (non-hydrogen) atoms. The van der Waals surface area contributed by atoms with Gasteiger partial charge in [0.2, 0.25) is 5.91 Å². The first-order chi connectivity index (χ1) is 13.3. The Bertz CT molecular complexity index is 969. The van der Waals surface area contributed by atoms with Crippen LogP contribution in [0.4, 0.5) is 18.9 Å². The van der Waals surface area contributed by atoms with Crippen molar-refractivity contribution in [3.05, 3.63) is 72.3 Å². The number of benzene rings is 1. The Labute approximate surface area is 157 Å². The van der Waals surface area contributed by atoms with Crippen LogP contribution in [-0.2, 0) is 11.0 Å². The first-order valence-electron chi connectivity index (χ1n) is 8.03. The molecular weight excluding hydrogens is 375 g/mol. The van der Waals surface area contributed by atoms with Crippen molar-refractivity contribution in [2.75, 3.05) is 11.9 Å². The number of nitrogens with zero attached hydrogens (tertiary/aromatic N) is 3. The summed E-state index contributed by atoms with van der Waals surface area (Å²) >= 11 is 0. The van der Waals surface area contributed by atoms with Gasteiger partial charge in [-0.25, -0.2) is 4.68 Å². The molecule has 2 N–H and O–H groups in total. The summed E-state index contributed by atoms with van der Waals surface area (Å²) < 4.78 is 39.1. The molecule has 2 amide bonds. The summed E-state index contributed by atoms with van der Waals surface area (Å²) in [7, 11) is 0. The Hall–Kier alpha value is -3.69. The molecule has 3 aromatic rings. The van der Waals surface area contributed by atoms with E-state index in [-0.39, 0.29) is 12.1 Å². The largest absolute Gasteiger partial charge is 0.416 e.